The van der Waals surface area contributed by atoms with E-state index in [1.165, 1.54) is 11.1 Å². The molecular formula is C13H18N2. The van der Waals surface area contributed by atoms with E-state index in [9.17, 15) is 0 Å². The second-order valence-corrected chi connectivity index (χ2v) is 4.07. The maximum Gasteiger partial charge on any atom is 0.0666 e. The number of hydrogen-bond donors (Lipinski definition) is 1. The van der Waals surface area contributed by atoms with Gasteiger partial charge >= 0.3 is 0 Å². The van der Waals surface area contributed by atoms with E-state index in [0.29, 0.717) is 6.04 Å². The summed E-state index contributed by atoms with van der Waals surface area (Å²) < 4.78 is 0. The summed E-state index contributed by atoms with van der Waals surface area (Å²) in [6, 6.07) is 11.0. The molecule has 1 aromatic rings. The van der Waals surface area contributed by atoms with Crippen LogP contribution in [0.3, 0.4) is 0 Å². The average Bonchev–Trinajstić information content (AvgIpc) is 2.26. The number of nitriles is 1. The maximum absolute atomic E-state index is 8.66. The number of rotatable bonds is 4. The summed E-state index contributed by atoms with van der Waals surface area (Å²) >= 11 is 0. The third-order valence-electron chi connectivity index (χ3n) is 2.53. The van der Waals surface area contributed by atoms with Crippen LogP contribution in [0.1, 0.15) is 31.0 Å². The quantitative estimate of drug-likeness (QED) is 0.815. The van der Waals surface area contributed by atoms with Gasteiger partial charge < -0.3 is 5.32 Å². The van der Waals surface area contributed by atoms with Crippen LogP contribution in [0.15, 0.2) is 24.3 Å². The lowest BCUT2D eigenvalue weighted by Crippen LogP contribution is -2.23. The Bertz CT molecular complexity index is 335. The number of aryl methyl sites for hydroxylation is 1. The highest BCUT2D eigenvalue weighted by Gasteiger charge is 2.06. The summed E-state index contributed by atoms with van der Waals surface area (Å²) in [5, 5.41) is 12.0. The van der Waals surface area contributed by atoms with Crippen molar-refractivity contribution in [2.75, 3.05) is 6.54 Å². The van der Waals surface area contributed by atoms with E-state index in [1.54, 1.807) is 0 Å². The molecule has 0 amide bonds. The Labute approximate surface area is 91.9 Å². The third kappa shape index (κ3) is 3.73. The summed E-state index contributed by atoms with van der Waals surface area (Å²) in [4.78, 5) is 0. The standard InChI is InChI=1S/C13H18N2/c1-10-4-6-13(7-5-10)12(3)15-9-11(2)8-14/h4-7,11-12,15H,9H2,1-3H3/t11?,12-/m0/s1. The van der Waals surface area contributed by atoms with Crippen LogP contribution < -0.4 is 5.32 Å². The highest BCUT2D eigenvalue weighted by atomic mass is 14.9. The van der Waals surface area contributed by atoms with Crippen molar-refractivity contribution in [3.05, 3.63) is 35.4 Å². The Morgan fingerprint density at radius 2 is 1.87 bits per heavy atom. The van der Waals surface area contributed by atoms with Gasteiger partial charge in [-0.05, 0) is 26.3 Å². The maximum atomic E-state index is 8.66. The molecule has 1 aromatic carbocycles. The van der Waals surface area contributed by atoms with Crippen molar-refractivity contribution in [2.45, 2.75) is 26.8 Å². The van der Waals surface area contributed by atoms with Crippen LogP contribution in [-0.4, -0.2) is 6.54 Å². The van der Waals surface area contributed by atoms with Crippen molar-refractivity contribution in [1.29, 1.82) is 5.26 Å². The normalized spacial score (nSPS) is 14.3. The number of benzene rings is 1. The molecule has 0 bridgehead atoms. The van der Waals surface area contributed by atoms with Gasteiger partial charge in [-0.3, -0.25) is 0 Å². The van der Waals surface area contributed by atoms with Crippen molar-refractivity contribution in [3.8, 4) is 6.07 Å². The van der Waals surface area contributed by atoms with Crippen LogP contribution >= 0.6 is 0 Å². The Balaban J connectivity index is 2.51. The fraction of sp³-hybridized carbons (Fsp3) is 0.462. The van der Waals surface area contributed by atoms with Gasteiger partial charge in [-0.2, -0.15) is 5.26 Å². The monoisotopic (exact) mass is 202 g/mol. The van der Waals surface area contributed by atoms with Gasteiger partial charge in [0.2, 0.25) is 0 Å². The van der Waals surface area contributed by atoms with E-state index >= 15 is 0 Å². The van der Waals surface area contributed by atoms with Crippen LogP contribution in [0.4, 0.5) is 0 Å². The van der Waals surface area contributed by atoms with Crippen molar-refractivity contribution in [2.24, 2.45) is 5.92 Å². The second kappa shape index (κ2) is 5.53. The minimum atomic E-state index is 0.0675. The van der Waals surface area contributed by atoms with E-state index < -0.39 is 0 Å². The average molecular weight is 202 g/mol. The molecule has 15 heavy (non-hydrogen) atoms. The zero-order valence-corrected chi connectivity index (χ0v) is 9.62. The summed E-state index contributed by atoms with van der Waals surface area (Å²) in [6.07, 6.45) is 0. The molecule has 0 spiro atoms. The fourth-order valence-electron chi connectivity index (χ4n) is 1.37. The number of nitrogens with one attached hydrogen (secondary N) is 1. The van der Waals surface area contributed by atoms with Crippen LogP contribution in [0, 0.1) is 24.2 Å². The summed E-state index contributed by atoms with van der Waals surface area (Å²) in [6.45, 7) is 6.87. The molecule has 0 heterocycles. The first-order chi connectivity index (χ1) is 7.13. The number of nitrogens with zero attached hydrogens (tertiary/aromatic N) is 1. The summed E-state index contributed by atoms with van der Waals surface area (Å²) in [5.41, 5.74) is 2.54. The van der Waals surface area contributed by atoms with Gasteiger partial charge in [-0.15, -0.1) is 0 Å². The highest BCUT2D eigenvalue weighted by Crippen LogP contribution is 2.13. The predicted octanol–water partition coefficient (Wildman–Crippen LogP) is 2.81. The number of hydrogen-bond acceptors (Lipinski definition) is 2. The molecule has 0 aliphatic rings. The lowest BCUT2D eigenvalue weighted by molar-refractivity contribution is 0.528. The van der Waals surface area contributed by atoms with Crippen molar-refractivity contribution in [3.63, 3.8) is 0 Å². The summed E-state index contributed by atoms with van der Waals surface area (Å²) in [7, 11) is 0. The highest BCUT2D eigenvalue weighted by molar-refractivity contribution is 5.23. The van der Waals surface area contributed by atoms with Gasteiger partial charge in [0.1, 0.15) is 0 Å². The van der Waals surface area contributed by atoms with Crippen LogP contribution in [-0.2, 0) is 0 Å². The van der Waals surface area contributed by atoms with Crippen LogP contribution in [0.25, 0.3) is 0 Å². The molecule has 1 unspecified atom stereocenters. The first-order valence-corrected chi connectivity index (χ1v) is 5.33. The molecule has 1 rings (SSSR count). The summed E-state index contributed by atoms with van der Waals surface area (Å²) in [5.74, 6) is 0.0675. The van der Waals surface area contributed by atoms with Crippen LogP contribution in [0.5, 0.6) is 0 Å². The van der Waals surface area contributed by atoms with Gasteiger partial charge in [-0.25, -0.2) is 0 Å². The van der Waals surface area contributed by atoms with Gasteiger partial charge in [0.05, 0.1) is 12.0 Å². The molecule has 2 heteroatoms. The molecule has 80 valence electrons. The predicted molar refractivity (Wildman–Crippen MR) is 62.4 cm³/mol. The minimum absolute atomic E-state index is 0.0675. The van der Waals surface area contributed by atoms with Crippen molar-refractivity contribution >= 4 is 0 Å². The zero-order valence-electron chi connectivity index (χ0n) is 9.62. The molecular weight excluding hydrogens is 184 g/mol. The molecule has 0 saturated heterocycles. The Morgan fingerprint density at radius 3 is 2.40 bits per heavy atom. The largest absolute Gasteiger partial charge is 0.309 e. The molecule has 1 N–H and O–H groups in total. The molecule has 2 atom stereocenters. The molecule has 0 aliphatic heterocycles. The molecule has 0 fully saturated rings. The Hall–Kier alpha value is -1.33. The van der Waals surface area contributed by atoms with E-state index in [0.717, 1.165) is 6.54 Å². The van der Waals surface area contributed by atoms with Gasteiger partial charge in [0.15, 0.2) is 0 Å². The fourth-order valence-corrected chi connectivity index (χ4v) is 1.37. The molecule has 0 aromatic heterocycles. The first-order valence-electron chi connectivity index (χ1n) is 5.33. The second-order valence-electron chi connectivity index (χ2n) is 4.07. The van der Waals surface area contributed by atoms with E-state index in [-0.39, 0.29) is 5.92 Å². The third-order valence-corrected chi connectivity index (χ3v) is 2.53. The van der Waals surface area contributed by atoms with E-state index in [4.69, 9.17) is 5.26 Å². The Morgan fingerprint density at radius 1 is 1.27 bits per heavy atom. The molecule has 0 saturated carbocycles. The molecule has 0 radical (unpaired) electrons. The van der Waals surface area contributed by atoms with Gasteiger partial charge in [-0.1, -0.05) is 29.8 Å². The van der Waals surface area contributed by atoms with Gasteiger partial charge in [0, 0.05) is 12.6 Å². The molecule has 2 nitrogen and oxygen atoms in total. The smallest absolute Gasteiger partial charge is 0.0666 e. The lowest BCUT2D eigenvalue weighted by atomic mass is 10.1. The lowest BCUT2D eigenvalue weighted by Gasteiger charge is -2.15. The molecule has 0 aliphatic carbocycles. The van der Waals surface area contributed by atoms with Crippen LogP contribution in [0.2, 0.25) is 0 Å². The Kier molecular flexibility index (Phi) is 4.33. The topological polar surface area (TPSA) is 35.8 Å². The van der Waals surface area contributed by atoms with E-state index in [1.807, 2.05) is 6.92 Å². The first kappa shape index (κ1) is 11.7. The van der Waals surface area contributed by atoms with Crippen molar-refractivity contribution in [1.82, 2.24) is 5.32 Å². The van der Waals surface area contributed by atoms with Gasteiger partial charge in [0.25, 0.3) is 0 Å². The van der Waals surface area contributed by atoms with Crippen molar-refractivity contribution < 1.29 is 0 Å². The minimum Gasteiger partial charge on any atom is -0.309 e. The zero-order chi connectivity index (χ0) is 11.3. The van der Waals surface area contributed by atoms with E-state index in [2.05, 4.69) is 49.5 Å². The SMILES string of the molecule is Cc1ccc([C@H](C)NCC(C)C#N)cc1.